The Hall–Kier alpha value is -4.65. The van der Waals surface area contributed by atoms with E-state index in [0.29, 0.717) is 25.8 Å². The van der Waals surface area contributed by atoms with E-state index in [0.717, 1.165) is 23.2 Å². The molecule has 212 valence electrons. The smallest absolute Gasteiger partial charge is 0.408 e. The molecule has 1 aromatic heterocycles. The van der Waals surface area contributed by atoms with E-state index in [9.17, 15) is 24.7 Å². The predicted octanol–water partition coefficient (Wildman–Crippen LogP) is 0.826. The van der Waals surface area contributed by atoms with Crippen LogP contribution in [0.2, 0.25) is 0 Å². The molecule has 2 atom stereocenters. The van der Waals surface area contributed by atoms with Gasteiger partial charge in [-0.05, 0) is 47.8 Å². The summed E-state index contributed by atoms with van der Waals surface area (Å²) in [4.78, 5) is 37.8. The van der Waals surface area contributed by atoms with Gasteiger partial charge in [0.15, 0.2) is 0 Å². The maximum atomic E-state index is 13.2. The number of aromatic nitrogens is 2. The Kier molecular flexibility index (Phi) is 9.52. The van der Waals surface area contributed by atoms with E-state index in [1.54, 1.807) is 0 Å². The molecule has 0 saturated heterocycles. The lowest BCUT2D eigenvalue weighted by molar-refractivity contribution is -0.803. The molecule has 4 rings (SSSR count). The zero-order chi connectivity index (χ0) is 28.5. The molecule has 4 N–H and O–H groups in total. The van der Waals surface area contributed by atoms with Crippen molar-refractivity contribution < 1.29 is 38.5 Å². The van der Waals surface area contributed by atoms with Crippen molar-refractivity contribution in [3.8, 4) is 5.88 Å². The zero-order valence-electron chi connectivity index (χ0n) is 21.7. The van der Waals surface area contributed by atoms with Crippen LogP contribution in [0.1, 0.15) is 34.5 Å². The van der Waals surface area contributed by atoms with Crippen molar-refractivity contribution in [2.75, 3.05) is 31.2 Å². The second-order valence-electron chi connectivity index (χ2n) is 9.35. The molecular formula is C27H31N5O8. The van der Waals surface area contributed by atoms with Crippen LogP contribution in [0.4, 0.5) is 5.69 Å². The number of hydrogen-bond donors (Lipinski definition) is 3. The number of esters is 1. The lowest BCUT2D eigenvalue weighted by Crippen LogP contribution is -2.49. The van der Waals surface area contributed by atoms with Gasteiger partial charge in [-0.3, -0.25) is 24.3 Å². The van der Waals surface area contributed by atoms with Gasteiger partial charge < -0.3 is 30.4 Å². The molecule has 2 aromatic carbocycles. The van der Waals surface area contributed by atoms with Crippen LogP contribution < -0.4 is 25.6 Å². The molecule has 2 heterocycles. The van der Waals surface area contributed by atoms with Gasteiger partial charge in [-0.25, -0.2) is 0 Å². The number of benzene rings is 2. The van der Waals surface area contributed by atoms with Crippen molar-refractivity contribution in [1.82, 2.24) is 10.5 Å². The van der Waals surface area contributed by atoms with Crippen molar-refractivity contribution in [2.45, 2.75) is 37.8 Å². The molecule has 0 saturated carbocycles. The van der Waals surface area contributed by atoms with E-state index >= 15 is 0 Å². The molecule has 13 heteroatoms. The largest absolute Gasteiger partial charge is 0.480 e. The van der Waals surface area contributed by atoms with Crippen molar-refractivity contribution in [2.24, 2.45) is 5.73 Å². The number of anilines is 1. The van der Waals surface area contributed by atoms with Gasteiger partial charge in [0.1, 0.15) is 25.8 Å². The third-order valence-electron chi connectivity index (χ3n) is 6.53. The highest BCUT2D eigenvalue weighted by atomic mass is 16.8. The molecule has 1 aliphatic heterocycles. The molecule has 0 bridgehead atoms. The van der Waals surface area contributed by atoms with E-state index < -0.39 is 35.5 Å². The fraction of sp³-hybridized carbons (Fsp3) is 0.370. The zero-order valence-corrected chi connectivity index (χ0v) is 21.7. The van der Waals surface area contributed by atoms with Gasteiger partial charge in [-0.2, -0.15) is 0 Å². The first kappa shape index (κ1) is 28.4. The summed E-state index contributed by atoms with van der Waals surface area (Å²) in [7, 11) is 0. The number of nitrogens with two attached hydrogens (primary N) is 1. The topological polar surface area (TPSA) is 184 Å². The quantitative estimate of drug-likeness (QED) is 0.155. The van der Waals surface area contributed by atoms with Gasteiger partial charge in [-0.1, -0.05) is 48.5 Å². The van der Waals surface area contributed by atoms with Gasteiger partial charge >= 0.3 is 29.4 Å². The van der Waals surface area contributed by atoms with E-state index in [-0.39, 0.29) is 30.7 Å². The Morgan fingerprint density at radius 2 is 1.93 bits per heavy atom. The highest BCUT2D eigenvalue weighted by Gasteiger charge is 2.29. The monoisotopic (exact) mass is 553 g/mol. The minimum atomic E-state index is -1.07. The van der Waals surface area contributed by atoms with Crippen LogP contribution in [0.15, 0.2) is 59.2 Å². The standard InChI is InChI=1S/C27H31N5O8/c28-25(35)24-26(30-40-32(24)37)38-14-15-39-27(36)21(13-10-18-6-2-1-3-7-18)29-20-12-11-19-8-4-5-9-22(19)31(16-20)17-23(33)34/h1-9,20-21,29H,10-17H2,(H2,28,35)(H,33,34)/t20-,21-/m0/s1. The highest BCUT2D eigenvalue weighted by molar-refractivity contribution is 5.91. The van der Waals surface area contributed by atoms with Gasteiger partial charge in [0, 0.05) is 18.3 Å². The molecule has 13 nitrogen and oxygen atoms in total. The number of para-hydroxylation sites is 1. The van der Waals surface area contributed by atoms with Crippen LogP contribution in [0, 0.1) is 5.21 Å². The fourth-order valence-corrected chi connectivity index (χ4v) is 4.68. The highest BCUT2D eigenvalue weighted by Crippen LogP contribution is 2.26. The number of nitrogens with one attached hydrogen (secondary N) is 1. The molecule has 0 radical (unpaired) electrons. The second-order valence-corrected chi connectivity index (χ2v) is 9.35. The first-order valence-electron chi connectivity index (χ1n) is 12.9. The third kappa shape index (κ3) is 7.47. The van der Waals surface area contributed by atoms with Crippen molar-refractivity contribution >= 4 is 23.5 Å². The van der Waals surface area contributed by atoms with E-state index in [2.05, 4.69) is 15.1 Å². The SMILES string of the molecule is NC(=O)c1c(OCCOC(=O)[C@H](CCc2ccccc2)N[C@H]2CCc3ccccc3N(CC(=O)O)C2)no[n+]1[O-]. The number of fused-ring (bicyclic) bond motifs is 1. The number of primary amides is 1. The Bertz CT molecular complexity index is 1320. The maximum Gasteiger partial charge on any atom is 0.408 e. The first-order valence-corrected chi connectivity index (χ1v) is 12.9. The number of carbonyl (C=O) groups is 3. The van der Waals surface area contributed by atoms with E-state index in [1.807, 2.05) is 59.5 Å². The van der Waals surface area contributed by atoms with Crippen molar-refractivity contribution in [3.63, 3.8) is 0 Å². The Morgan fingerprint density at radius 1 is 1.18 bits per heavy atom. The number of aliphatic carboxylic acids is 1. The predicted molar refractivity (Wildman–Crippen MR) is 141 cm³/mol. The van der Waals surface area contributed by atoms with Crippen LogP contribution in [0.3, 0.4) is 0 Å². The Labute approximate surface area is 230 Å². The van der Waals surface area contributed by atoms with Crippen LogP contribution in [-0.4, -0.2) is 66.5 Å². The average molecular weight is 554 g/mol. The summed E-state index contributed by atoms with van der Waals surface area (Å²) >= 11 is 0. The fourth-order valence-electron chi connectivity index (χ4n) is 4.68. The summed E-state index contributed by atoms with van der Waals surface area (Å²) in [6.07, 6.45) is 2.47. The summed E-state index contributed by atoms with van der Waals surface area (Å²) < 4.78 is 15.0. The summed E-state index contributed by atoms with van der Waals surface area (Å²) in [5, 5.41) is 27.7. The maximum absolute atomic E-state index is 13.2. The number of hydrogen-bond acceptors (Lipinski definition) is 10. The number of carbonyl (C=O) groups excluding carboxylic acids is 2. The average Bonchev–Trinajstić information content (AvgIpc) is 3.22. The lowest BCUT2D eigenvalue weighted by Gasteiger charge is -2.29. The summed E-state index contributed by atoms with van der Waals surface area (Å²) in [5.74, 6) is -2.92. The summed E-state index contributed by atoms with van der Waals surface area (Å²) in [5.41, 5.74) is 7.52. The van der Waals surface area contributed by atoms with Gasteiger partial charge in [-0.15, -0.1) is 0 Å². The van der Waals surface area contributed by atoms with Gasteiger partial charge in [0.2, 0.25) is 0 Å². The molecule has 0 aliphatic carbocycles. The Balaban J connectivity index is 1.41. The normalized spacial score (nSPS) is 15.5. The number of ether oxygens (including phenoxy) is 2. The number of aryl methyl sites for hydroxylation is 2. The number of carboxylic acid groups (broad SMARTS) is 1. The molecule has 0 unspecified atom stereocenters. The number of rotatable bonds is 13. The molecule has 0 spiro atoms. The molecule has 3 aromatic rings. The lowest BCUT2D eigenvalue weighted by atomic mass is 10.0. The van der Waals surface area contributed by atoms with Gasteiger partial charge in [0.25, 0.3) is 0 Å². The van der Waals surface area contributed by atoms with Gasteiger partial charge in [0.05, 0.1) is 5.16 Å². The Morgan fingerprint density at radius 3 is 2.67 bits per heavy atom. The molecular weight excluding hydrogens is 522 g/mol. The van der Waals surface area contributed by atoms with Crippen molar-refractivity contribution in [1.29, 1.82) is 0 Å². The number of nitrogens with zero attached hydrogens (tertiary/aromatic N) is 3. The van der Waals surface area contributed by atoms with Crippen LogP contribution >= 0.6 is 0 Å². The molecule has 1 aliphatic rings. The second kappa shape index (κ2) is 13.4. The summed E-state index contributed by atoms with van der Waals surface area (Å²) in [6, 6.07) is 16.6. The summed E-state index contributed by atoms with van der Waals surface area (Å²) in [6.45, 7) is -0.147. The molecule has 40 heavy (non-hydrogen) atoms. The molecule has 1 amide bonds. The van der Waals surface area contributed by atoms with Crippen molar-refractivity contribution in [3.05, 3.63) is 76.6 Å². The number of amides is 1. The van der Waals surface area contributed by atoms with Crippen LogP contribution in [0.25, 0.3) is 0 Å². The first-order chi connectivity index (χ1) is 19.3. The van der Waals surface area contributed by atoms with Crippen LogP contribution in [0.5, 0.6) is 5.88 Å². The third-order valence-corrected chi connectivity index (χ3v) is 6.53. The van der Waals surface area contributed by atoms with Crippen LogP contribution in [-0.2, 0) is 27.2 Å². The van der Waals surface area contributed by atoms with E-state index in [4.69, 9.17) is 15.2 Å². The minimum Gasteiger partial charge on any atom is -0.480 e. The number of carboxylic acids is 1. The molecule has 0 fully saturated rings. The van der Waals surface area contributed by atoms with E-state index in [1.165, 1.54) is 0 Å². The minimum absolute atomic E-state index is 0.161.